The van der Waals surface area contributed by atoms with E-state index in [1.807, 2.05) is 26.0 Å². The van der Waals surface area contributed by atoms with Gasteiger partial charge in [-0.2, -0.15) is 0 Å². The normalized spacial score (nSPS) is 11.5. The highest BCUT2D eigenvalue weighted by atomic mass is 16.1. The third-order valence-electron chi connectivity index (χ3n) is 2.49. The first-order valence-corrected chi connectivity index (χ1v) is 5.79. The van der Waals surface area contributed by atoms with Crippen molar-refractivity contribution >= 4 is 5.78 Å². The number of aryl methyl sites for hydroxylation is 1. The van der Waals surface area contributed by atoms with Crippen LogP contribution in [-0.4, -0.2) is 11.3 Å². The zero-order valence-electron chi connectivity index (χ0n) is 10.4. The van der Waals surface area contributed by atoms with E-state index < -0.39 is 5.54 Å². The standard InChI is InChI=1S/C14H21NO/c1-4-11-5-7-12(8-6-11)9-13(16)10-14(2,3)15/h5-8H,4,9-10,15H2,1-3H3. The Hall–Kier alpha value is -1.15. The average Bonchev–Trinajstić information content (AvgIpc) is 2.16. The second-order valence-corrected chi connectivity index (χ2v) is 5.05. The van der Waals surface area contributed by atoms with Crippen LogP contribution in [0.2, 0.25) is 0 Å². The zero-order chi connectivity index (χ0) is 12.2. The first-order valence-electron chi connectivity index (χ1n) is 5.79. The molecule has 88 valence electrons. The molecule has 2 heteroatoms. The van der Waals surface area contributed by atoms with Crippen LogP contribution in [0.5, 0.6) is 0 Å². The molecule has 0 saturated heterocycles. The van der Waals surface area contributed by atoms with Crippen molar-refractivity contribution in [2.75, 3.05) is 0 Å². The maximum Gasteiger partial charge on any atom is 0.139 e. The van der Waals surface area contributed by atoms with E-state index in [2.05, 4.69) is 19.1 Å². The van der Waals surface area contributed by atoms with Gasteiger partial charge in [0.1, 0.15) is 5.78 Å². The summed E-state index contributed by atoms with van der Waals surface area (Å²) in [4.78, 5) is 11.7. The lowest BCUT2D eigenvalue weighted by Crippen LogP contribution is -2.35. The Bertz CT molecular complexity index is 346. The molecule has 16 heavy (non-hydrogen) atoms. The van der Waals surface area contributed by atoms with Gasteiger partial charge in [-0.25, -0.2) is 0 Å². The van der Waals surface area contributed by atoms with Crippen LogP contribution in [0, 0.1) is 0 Å². The molecule has 0 saturated carbocycles. The highest BCUT2D eigenvalue weighted by Crippen LogP contribution is 2.10. The van der Waals surface area contributed by atoms with Crippen LogP contribution in [0.4, 0.5) is 0 Å². The van der Waals surface area contributed by atoms with Crippen molar-refractivity contribution in [3.05, 3.63) is 35.4 Å². The van der Waals surface area contributed by atoms with E-state index in [0.29, 0.717) is 12.8 Å². The minimum Gasteiger partial charge on any atom is -0.325 e. The van der Waals surface area contributed by atoms with Gasteiger partial charge in [0, 0.05) is 18.4 Å². The third-order valence-corrected chi connectivity index (χ3v) is 2.49. The van der Waals surface area contributed by atoms with Crippen LogP contribution >= 0.6 is 0 Å². The van der Waals surface area contributed by atoms with Crippen molar-refractivity contribution in [3.8, 4) is 0 Å². The number of hydrogen-bond donors (Lipinski definition) is 1. The SMILES string of the molecule is CCc1ccc(CC(=O)CC(C)(C)N)cc1. The summed E-state index contributed by atoms with van der Waals surface area (Å²) in [5.74, 6) is 0.205. The van der Waals surface area contributed by atoms with E-state index in [9.17, 15) is 4.79 Å². The quantitative estimate of drug-likeness (QED) is 0.826. The van der Waals surface area contributed by atoms with Gasteiger partial charge in [0.15, 0.2) is 0 Å². The van der Waals surface area contributed by atoms with Crippen LogP contribution in [0.3, 0.4) is 0 Å². The molecule has 0 fully saturated rings. The summed E-state index contributed by atoms with van der Waals surface area (Å²) in [6.45, 7) is 5.88. The maximum atomic E-state index is 11.7. The summed E-state index contributed by atoms with van der Waals surface area (Å²) < 4.78 is 0. The minimum absolute atomic E-state index is 0.205. The van der Waals surface area contributed by atoms with Gasteiger partial charge in [-0.1, -0.05) is 31.2 Å². The van der Waals surface area contributed by atoms with Crippen LogP contribution in [-0.2, 0) is 17.6 Å². The fourth-order valence-corrected chi connectivity index (χ4v) is 1.69. The summed E-state index contributed by atoms with van der Waals surface area (Å²) in [6.07, 6.45) is 1.96. The van der Waals surface area contributed by atoms with E-state index in [4.69, 9.17) is 5.73 Å². The van der Waals surface area contributed by atoms with E-state index in [1.54, 1.807) is 0 Å². The number of carbonyl (C=O) groups excluding carboxylic acids is 1. The van der Waals surface area contributed by atoms with Crippen LogP contribution in [0.25, 0.3) is 0 Å². The molecule has 0 amide bonds. The number of benzene rings is 1. The number of hydrogen-bond acceptors (Lipinski definition) is 2. The van der Waals surface area contributed by atoms with Crippen molar-refractivity contribution in [1.82, 2.24) is 0 Å². The molecule has 2 N–H and O–H groups in total. The van der Waals surface area contributed by atoms with Crippen molar-refractivity contribution in [3.63, 3.8) is 0 Å². The van der Waals surface area contributed by atoms with Gasteiger partial charge in [-0.15, -0.1) is 0 Å². The molecule has 0 aliphatic rings. The Morgan fingerprint density at radius 3 is 2.12 bits per heavy atom. The van der Waals surface area contributed by atoms with E-state index >= 15 is 0 Å². The summed E-state index contributed by atoms with van der Waals surface area (Å²) >= 11 is 0. The first-order chi connectivity index (χ1) is 7.40. The van der Waals surface area contributed by atoms with E-state index in [1.165, 1.54) is 5.56 Å². The Balaban J connectivity index is 2.56. The number of rotatable bonds is 5. The van der Waals surface area contributed by atoms with Gasteiger partial charge in [0.05, 0.1) is 0 Å². The second kappa shape index (κ2) is 5.26. The lowest BCUT2D eigenvalue weighted by molar-refractivity contribution is -0.119. The first kappa shape index (κ1) is 12.9. The van der Waals surface area contributed by atoms with Gasteiger partial charge < -0.3 is 5.73 Å². The van der Waals surface area contributed by atoms with Crippen LogP contribution in [0.1, 0.15) is 38.3 Å². The lowest BCUT2D eigenvalue weighted by Gasteiger charge is -2.16. The highest BCUT2D eigenvalue weighted by Gasteiger charge is 2.16. The third kappa shape index (κ3) is 4.58. The zero-order valence-corrected chi connectivity index (χ0v) is 10.4. The molecule has 0 spiro atoms. The second-order valence-electron chi connectivity index (χ2n) is 5.05. The number of nitrogens with two attached hydrogens (primary N) is 1. The molecule has 0 aromatic heterocycles. The Morgan fingerprint density at radius 1 is 1.19 bits per heavy atom. The predicted octanol–water partition coefficient (Wildman–Crippen LogP) is 2.49. The molecule has 0 aliphatic carbocycles. The molecule has 0 aliphatic heterocycles. The molecule has 0 bridgehead atoms. The molecule has 0 atom stereocenters. The van der Waals surface area contributed by atoms with E-state index in [-0.39, 0.29) is 5.78 Å². The fraction of sp³-hybridized carbons (Fsp3) is 0.500. The molecule has 2 nitrogen and oxygen atoms in total. The Kier molecular flexibility index (Phi) is 4.25. The van der Waals surface area contributed by atoms with Crippen LogP contribution < -0.4 is 5.73 Å². The van der Waals surface area contributed by atoms with Crippen LogP contribution in [0.15, 0.2) is 24.3 Å². The minimum atomic E-state index is -0.402. The Morgan fingerprint density at radius 2 is 1.69 bits per heavy atom. The summed E-state index contributed by atoms with van der Waals surface area (Å²) in [6, 6.07) is 8.22. The fourth-order valence-electron chi connectivity index (χ4n) is 1.69. The molecular formula is C14H21NO. The Labute approximate surface area is 97.9 Å². The maximum absolute atomic E-state index is 11.7. The largest absolute Gasteiger partial charge is 0.325 e. The number of ketones is 1. The molecule has 1 aromatic carbocycles. The summed E-state index contributed by atoms with van der Waals surface area (Å²) in [5, 5.41) is 0. The molecular weight excluding hydrogens is 198 g/mol. The van der Waals surface area contributed by atoms with Crippen molar-refractivity contribution in [2.45, 2.75) is 45.6 Å². The van der Waals surface area contributed by atoms with Gasteiger partial charge in [-0.3, -0.25) is 4.79 Å². The van der Waals surface area contributed by atoms with Gasteiger partial charge >= 0.3 is 0 Å². The monoisotopic (exact) mass is 219 g/mol. The van der Waals surface area contributed by atoms with Crippen molar-refractivity contribution in [2.24, 2.45) is 5.73 Å². The topological polar surface area (TPSA) is 43.1 Å². The van der Waals surface area contributed by atoms with Crippen molar-refractivity contribution in [1.29, 1.82) is 0 Å². The molecule has 0 heterocycles. The predicted molar refractivity (Wildman–Crippen MR) is 67.4 cm³/mol. The molecule has 0 radical (unpaired) electrons. The number of Topliss-reactive ketones (excluding diaryl/α,β-unsaturated/α-hetero) is 1. The van der Waals surface area contributed by atoms with Crippen molar-refractivity contribution < 1.29 is 4.79 Å². The summed E-state index contributed by atoms with van der Waals surface area (Å²) in [7, 11) is 0. The van der Waals surface area contributed by atoms with Gasteiger partial charge in [0.2, 0.25) is 0 Å². The van der Waals surface area contributed by atoms with Gasteiger partial charge in [0.25, 0.3) is 0 Å². The molecule has 0 unspecified atom stereocenters. The lowest BCUT2D eigenvalue weighted by atomic mass is 9.95. The number of carbonyl (C=O) groups is 1. The molecule has 1 rings (SSSR count). The van der Waals surface area contributed by atoms with Gasteiger partial charge in [-0.05, 0) is 31.4 Å². The smallest absolute Gasteiger partial charge is 0.139 e. The average molecular weight is 219 g/mol. The summed E-state index contributed by atoms with van der Waals surface area (Å²) in [5.41, 5.74) is 7.79. The van der Waals surface area contributed by atoms with E-state index in [0.717, 1.165) is 12.0 Å². The highest BCUT2D eigenvalue weighted by molar-refractivity contribution is 5.81. The molecule has 1 aromatic rings.